The highest BCUT2D eigenvalue weighted by Gasteiger charge is 2.26. The molecule has 2 rings (SSSR count). The zero-order valence-corrected chi connectivity index (χ0v) is 16.7. The lowest BCUT2D eigenvalue weighted by Gasteiger charge is -2.11. The van der Waals surface area contributed by atoms with Gasteiger partial charge in [0.05, 0.1) is 19.2 Å². The average Bonchev–Trinajstić information content (AvgIpc) is 2.71. The highest BCUT2D eigenvalue weighted by atomic mass is 15.2. The van der Waals surface area contributed by atoms with Crippen molar-refractivity contribution >= 4 is 0 Å². The van der Waals surface area contributed by atoms with E-state index in [1.54, 1.807) is 0 Å². The Morgan fingerprint density at radius 2 is 1.48 bits per heavy atom. The third-order valence-electron chi connectivity index (χ3n) is 4.64. The highest BCUT2D eigenvalue weighted by Crippen LogP contribution is 2.28. The first-order valence-electron chi connectivity index (χ1n) is 9.02. The molecule has 0 N–H and O–H groups in total. The van der Waals surface area contributed by atoms with Crippen molar-refractivity contribution in [1.29, 1.82) is 0 Å². The Kier molecular flexibility index (Phi) is 7.05. The average molecular weight is 316 g/mol. The minimum absolute atomic E-state index is 1.10. The van der Waals surface area contributed by atoms with Gasteiger partial charge in [-0.05, 0) is 38.3 Å². The Morgan fingerprint density at radius 3 is 1.96 bits per heavy atom. The molecule has 0 aliphatic carbocycles. The van der Waals surface area contributed by atoms with Gasteiger partial charge in [0.1, 0.15) is 11.4 Å². The first kappa shape index (κ1) is 19.5. The van der Waals surface area contributed by atoms with E-state index < -0.39 is 0 Å². The number of unbranched alkanes of at least 4 members (excludes halogenated alkanes) is 1. The molecule has 1 aromatic heterocycles. The Bertz CT molecular complexity index is 640. The molecule has 0 saturated heterocycles. The van der Waals surface area contributed by atoms with Gasteiger partial charge in [0, 0.05) is 13.8 Å². The summed E-state index contributed by atoms with van der Waals surface area (Å²) >= 11 is 0. The van der Waals surface area contributed by atoms with Gasteiger partial charge in [-0.2, -0.15) is 0 Å². The molecule has 0 radical (unpaired) electrons. The molecule has 0 aliphatic heterocycles. The van der Waals surface area contributed by atoms with E-state index in [1.165, 1.54) is 52.3 Å². The number of hydrogen-bond acceptors (Lipinski definition) is 0. The molecule has 23 heavy (non-hydrogen) atoms. The zero-order chi connectivity index (χ0) is 17.7. The first-order valence-corrected chi connectivity index (χ1v) is 9.02. The molecule has 128 valence electrons. The number of nitrogens with zero attached hydrogens (tertiary/aromatic N) is 2. The summed E-state index contributed by atoms with van der Waals surface area (Å²) in [5.74, 6) is 1.36. The monoisotopic (exact) mass is 315 g/mol. The van der Waals surface area contributed by atoms with Crippen LogP contribution in [0.5, 0.6) is 0 Å². The zero-order valence-electron chi connectivity index (χ0n) is 16.7. The van der Waals surface area contributed by atoms with E-state index >= 15 is 0 Å². The van der Waals surface area contributed by atoms with Crippen LogP contribution in [-0.4, -0.2) is 4.57 Å². The van der Waals surface area contributed by atoms with E-state index in [9.17, 15) is 0 Å². The fraction of sp³-hybridized carbons (Fsp3) is 0.571. The summed E-state index contributed by atoms with van der Waals surface area (Å²) in [4.78, 5) is 0. The van der Waals surface area contributed by atoms with Crippen LogP contribution in [0.2, 0.25) is 0 Å². The Morgan fingerprint density at radius 1 is 0.957 bits per heavy atom. The van der Waals surface area contributed by atoms with Crippen molar-refractivity contribution in [3.63, 3.8) is 0 Å². The van der Waals surface area contributed by atoms with E-state index in [0.29, 0.717) is 0 Å². The molecule has 0 spiro atoms. The van der Waals surface area contributed by atoms with E-state index in [2.05, 4.69) is 69.9 Å². The van der Waals surface area contributed by atoms with E-state index in [0.717, 1.165) is 6.54 Å². The maximum absolute atomic E-state index is 2.50. The lowest BCUT2D eigenvalue weighted by atomic mass is 9.99. The molecule has 2 aromatic rings. The Balaban J connectivity index is 0.00000127. The second-order valence-corrected chi connectivity index (χ2v) is 6.33. The van der Waals surface area contributed by atoms with Crippen LogP contribution >= 0.6 is 0 Å². The van der Waals surface area contributed by atoms with Crippen molar-refractivity contribution in [1.82, 2.24) is 4.57 Å². The summed E-state index contributed by atoms with van der Waals surface area (Å²) in [6.07, 6.45) is 2.46. The summed E-state index contributed by atoms with van der Waals surface area (Å²) in [5, 5.41) is 0. The van der Waals surface area contributed by atoms with Crippen molar-refractivity contribution in [3.05, 3.63) is 40.2 Å². The molecule has 1 aromatic carbocycles. The van der Waals surface area contributed by atoms with Gasteiger partial charge >= 0.3 is 0 Å². The van der Waals surface area contributed by atoms with E-state index in [4.69, 9.17) is 0 Å². The van der Waals surface area contributed by atoms with Gasteiger partial charge in [0.25, 0.3) is 5.82 Å². The van der Waals surface area contributed by atoms with Crippen LogP contribution in [0.3, 0.4) is 0 Å². The highest BCUT2D eigenvalue weighted by molar-refractivity contribution is 5.64. The van der Waals surface area contributed by atoms with Gasteiger partial charge in [-0.1, -0.05) is 44.9 Å². The lowest BCUT2D eigenvalue weighted by molar-refractivity contribution is -0.665. The SMILES string of the molecule is CC.CCCCn1c(C)c(C)[n+](C)c1-c1c(C)cc(C)cc1C. The van der Waals surface area contributed by atoms with Crippen molar-refractivity contribution in [3.8, 4) is 11.4 Å². The standard InChI is InChI=1S/C19H29N2.C2H6/c1-8-9-10-21-17(6)16(5)20(7)19(21)18-14(3)11-13(2)12-15(18)4;1-2/h11-12H,8-10H2,1-7H3;1-2H3/q+1;. The topological polar surface area (TPSA) is 8.81 Å². The molecule has 0 unspecified atom stereocenters. The second-order valence-electron chi connectivity index (χ2n) is 6.33. The summed E-state index contributed by atoms with van der Waals surface area (Å²) in [6.45, 7) is 18.5. The summed E-state index contributed by atoms with van der Waals surface area (Å²) < 4.78 is 4.86. The third kappa shape index (κ3) is 3.85. The molecule has 0 saturated carbocycles. The van der Waals surface area contributed by atoms with Gasteiger partial charge < -0.3 is 0 Å². The van der Waals surface area contributed by atoms with Gasteiger partial charge in [-0.15, -0.1) is 0 Å². The smallest absolute Gasteiger partial charge is 0.230 e. The molecular formula is C21H35N2+. The third-order valence-corrected chi connectivity index (χ3v) is 4.64. The normalized spacial score (nSPS) is 10.5. The van der Waals surface area contributed by atoms with Crippen molar-refractivity contribution in [2.45, 2.75) is 74.8 Å². The Labute approximate surface area is 143 Å². The maximum Gasteiger partial charge on any atom is 0.289 e. The van der Waals surface area contributed by atoms with Crippen molar-refractivity contribution < 1.29 is 4.57 Å². The minimum Gasteiger partial charge on any atom is -0.230 e. The van der Waals surface area contributed by atoms with E-state index in [-0.39, 0.29) is 0 Å². The van der Waals surface area contributed by atoms with Gasteiger partial charge in [0.2, 0.25) is 0 Å². The molecular weight excluding hydrogens is 280 g/mol. The predicted molar refractivity (Wildman–Crippen MR) is 101 cm³/mol. The van der Waals surface area contributed by atoms with E-state index in [1.807, 2.05) is 13.8 Å². The number of rotatable bonds is 4. The van der Waals surface area contributed by atoms with Gasteiger partial charge in [-0.3, -0.25) is 0 Å². The predicted octanol–water partition coefficient (Wildman–Crippen LogP) is 5.35. The van der Waals surface area contributed by atoms with Crippen molar-refractivity contribution in [2.24, 2.45) is 7.05 Å². The summed E-state index contributed by atoms with van der Waals surface area (Å²) in [5.41, 5.74) is 8.24. The fourth-order valence-electron chi connectivity index (χ4n) is 3.36. The van der Waals surface area contributed by atoms with Crippen LogP contribution in [0.15, 0.2) is 12.1 Å². The molecule has 2 heteroatoms. The molecule has 0 aliphatic rings. The number of benzene rings is 1. The largest absolute Gasteiger partial charge is 0.289 e. The molecule has 0 fully saturated rings. The summed E-state index contributed by atoms with van der Waals surface area (Å²) in [7, 11) is 2.19. The molecule has 1 heterocycles. The first-order chi connectivity index (χ1) is 10.9. The summed E-state index contributed by atoms with van der Waals surface area (Å²) in [6, 6.07) is 4.59. The van der Waals surface area contributed by atoms with Crippen LogP contribution in [0.4, 0.5) is 0 Å². The fourth-order valence-corrected chi connectivity index (χ4v) is 3.36. The Hall–Kier alpha value is -1.57. The number of aryl methyl sites for hydroxylation is 3. The molecule has 0 atom stereocenters. The molecule has 0 bridgehead atoms. The maximum atomic E-state index is 2.50. The van der Waals surface area contributed by atoms with Crippen LogP contribution in [-0.2, 0) is 13.6 Å². The molecule has 0 amide bonds. The quantitative estimate of drug-likeness (QED) is 0.673. The van der Waals surface area contributed by atoms with Crippen molar-refractivity contribution in [2.75, 3.05) is 0 Å². The molecule has 2 nitrogen and oxygen atoms in total. The number of hydrogen-bond donors (Lipinski definition) is 0. The van der Waals surface area contributed by atoms with Gasteiger partial charge in [-0.25, -0.2) is 9.13 Å². The van der Waals surface area contributed by atoms with Crippen LogP contribution in [0, 0.1) is 34.6 Å². The van der Waals surface area contributed by atoms with Crippen LogP contribution in [0.1, 0.15) is 61.7 Å². The van der Waals surface area contributed by atoms with Gasteiger partial charge in [0.15, 0.2) is 0 Å². The minimum atomic E-state index is 1.10. The van der Waals surface area contributed by atoms with Crippen LogP contribution < -0.4 is 4.57 Å². The number of aromatic nitrogens is 2. The number of imidazole rings is 1. The lowest BCUT2D eigenvalue weighted by Crippen LogP contribution is -2.33. The van der Waals surface area contributed by atoms with Crippen LogP contribution in [0.25, 0.3) is 11.4 Å². The second kappa shape index (κ2) is 8.33.